The van der Waals surface area contributed by atoms with E-state index >= 15 is 0 Å². The van der Waals surface area contributed by atoms with E-state index < -0.39 is 22.4 Å². The van der Waals surface area contributed by atoms with E-state index in [0.29, 0.717) is 11.2 Å². The first-order valence-electron chi connectivity index (χ1n) is 6.44. The van der Waals surface area contributed by atoms with E-state index in [2.05, 4.69) is 10.2 Å². The SMILES string of the molecule is CC(C)(C)n1cnnc1Sc1ccc(C(F)(F)F)cc1[N+](=O)[O-]. The van der Waals surface area contributed by atoms with Crippen molar-refractivity contribution in [3.8, 4) is 0 Å². The molecule has 0 aliphatic rings. The van der Waals surface area contributed by atoms with Crippen molar-refractivity contribution in [1.29, 1.82) is 0 Å². The van der Waals surface area contributed by atoms with Crippen molar-refractivity contribution in [2.75, 3.05) is 0 Å². The van der Waals surface area contributed by atoms with Crippen LogP contribution in [0, 0.1) is 10.1 Å². The molecule has 0 spiro atoms. The van der Waals surface area contributed by atoms with Gasteiger partial charge in [0.25, 0.3) is 5.69 Å². The molecule has 0 radical (unpaired) electrons. The van der Waals surface area contributed by atoms with Crippen LogP contribution in [-0.4, -0.2) is 19.7 Å². The summed E-state index contributed by atoms with van der Waals surface area (Å²) < 4.78 is 39.8. The zero-order valence-corrected chi connectivity index (χ0v) is 13.3. The van der Waals surface area contributed by atoms with Gasteiger partial charge in [-0.2, -0.15) is 13.2 Å². The lowest BCUT2D eigenvalue weighted by Gasteiger charge is -2.21. The van der Waals surface area contributed by atoms with Crippen LogP contribution in [0.15, 0.2) is 34.6 Å². The molecule has 0 amide bonds. The minimum atomic E-state index is -4.64. The number of nitro benzene ring substituents is 1. The Labute approximate surface area is 133 Å². The molecule has 0 bridgehead atoms. The summed E-state index contributed by atoms with van der Waals surface area (Å²) in [5, 5.41) is 19.1. The normalized spacial score (nSPS) is 12.4. The third-order valence-corrected chi connectivity index (χ3v) is 3.95. The van der Waals surface area contributed by atoms with Gasteiger partial charge in [-0.3, -0.25) is 10.1 Å². The van der Waals surface area contributed by atoms with Gasteiger partial charge in [-0.1, -0.05) is 0 Å². The number of benzene rings is 1. The van der Waals surface area contributed by atoms with E-state index in [-0.39, 0.29) is 10.4 Å². The van der Waals surface area contributed by atoms with Crippen molar-refractivity contribution >= 4 is 17.4 Å². The predicted octanol–water partition coefficient (Wildman–Crippen LogP) is 4.11. The van der Waals surface area contributed by atoms with Crippen molar-refractivity contribution in [1.82, 2.24) is 14.8 Å². The molecule has 10 heteroatoms. The Morgan fingerprint density at radius 1 is 1.26 bits per heavy atom. The molecule has 2 aromatic rings. The highest BCUT2D eigenvalue weighted by molar-refractivity contribution is 7.99. The van der Waals surface area contributed by atoms with Gasteiger partial charge in [0.2, 0.25) is 0 Å². The molecule has 0 saturated heterocycles. The second kappa shape index (κ2) is 5.84. The lowest BCUT2D eigenvalue weighted by molar-refractivity contribution is -0.388. The zero-order valence-electron chi connectivity index (χ0n) is 12.5. The monoisotopic (exact) mass is 346 g/mol. The van der Waals surface area contributed by atoms with E-state index in [1.807, 2.05) is 20.8 Å². The van der Waals surface area contributed by atoms with E-state index in [9.17, 15) is 23.3 Å². The van der Waals surface area contributed by atoms with Crippen LogP contribution in [0.25, 0.3) is 0 Å². The van der Waals surface area contributed by atoms with Gasteiger partial charge in [0, 0.05) is 11.6 Å². The standard InChI is InChI=1S/C13H13F3N4O2S/c1-12(2,3)19-7-17-18-11(19)23-10-5-4-8(13(14,15)16)6-9(10)20(21)22/h4-7H,1-3H3. The van der Waals surface area contributed by atoms with Crippen LogP contribution in [0.4, 0.5) is 18.9 Å². The largest absolute Gasteiger partial charge is 0.416 e. The smallest absolute Gasteiger partial charge is 0.303 e. The number of hydrogen-bond acceptors (Lipinski definition) is 5. The minimum Gasteiger partial charge on any atom is -0.303 e. The Hall–Kier alpha value is -2.10. The molecule has 0 saturated carbocycles. The maximum atomic E-state index is 12.7. The molecule has 1 aromatic carbocycles. The van der Waals surface area contributed by atoms with Crippen molar-refractivity contribution in [3.05, 3.63) is 40.2 Å². The lowest BCUT2D eigenvalue weighted by atomic mass is 10.1. The van der Waals surface area contributed by atoms with Crippen LogP contribution in [-0.2, 0) is 11.7 Å². The number of nitrogens with zero attached hydrogens (tertiary/aromatic N) is 4. The van der Waals surface area contributed by atoms with E-state index in [1.165, 1.54) is 6.33 Å². The summed E-state index contributed by atoms with van der Waals surface area (Å²) in [6.07, 6.45) is -3.17. The average molecular weight is 346 g/mol. The lowest BCUT2D eigenvalue weighted by Crippen LogP contribution is -2.21. The summed E-state index contributed by atoms with van der Waals surface area (Å²) in [5.41, 5.74) is -2.05. The molecule has 0 aliphatic carbocycles. The van der Waals surface area contributed by atoms with Gasteiger partial charge in [-0.25, -0.2) is 0 Å². The Kier molecular flexibility index (Phi) is 4.38. The topological polar surface area (TPSA) is 73.8 Å². The number of halogens is 3. The number of aromatic nitrogens is 3. The van der Waals surface area contributed by atoms with Crippen molar-refractivity contribution in [3.63, 3.8) is 0 Å². The molecule has 1 aromatic heterocycles. The van der Waals surface area contributed by atoms with Crippen LogP contribution in [0.5, 0.6) is 0 Å². The van der Waals surface area contributed by atoms with Gasteiger partial charge in [-0.15, -0.1) is 10.2 Å². The predicted molar refractivity (Wildman–Crippen MR) is 77.2 cm³/mol. The Morgan fingerprint density at radius 2 is 1.91 bits per heavy atom. The minimum absolute atomic E-state index is 0.0708. The molecule has 124 valence electrons. The summed E-state index contributed by atoms with van der Waals surface area (Å²) in [6.45, 7) is 5.67. The van der Waals surface area contributed by atoms with Crippen LogP contribution >= 0.6 is 11.8 Å². The van der Waals surface area contributed by atoms with Crippen LogP contribution < -0.4 is 0 Å². The average Bonchev–Trinajstić information content (AvgIpc) is 2.85. The maximum Gasteiger partial charge on any atom is 0.416 e. The van der Waals surface area contributed by atoms with Gasteiger partial charge in [0.15, 0.2) is 5.16 Å². The Balaban J connectivity index is 2.45. The van der Waals surface area contributed by atoms with Crippen LogP contribution in [0.1, 0.15) is 26.3 Å². The van der Waals surface area contributed by atoms with Gasteiger partial charge in [0.1, 0.15) is 6.33 Å². The highest BCUT2D eigenvalue weighted by Crippen LogP contribution is 2.39. The summed E-state index contributed by atoms with van der Waals surface area (Å²) >= 11 is 0.902. The molecule has 1 heterocycles. The number of rotatable bonds is 3. The molecule has 6 nitrogen and oxygen atoms in total. The molecule has 0 fully saturated rings. The third kappa shape index (κ3) is 3.81. The van der Waals surface area contributed by atoms with Crippen molar-refractivity contribution < 1.29 is 18.1 Å². The molecular formula is C13H13F3N4O2S. The number of nitro groups is 1. The summed E-state index contributed by atoms with van der Waals surface area (Å²) in [7, 11) is 0. The first-order chi connectivity index (χ1) is 10.5. The first-order valence-corrected chi connectivity index (χ1v) is 7.26. The number of alkyl halides is 3. The quantitative estimate of drug-likeness (QED) is 0.617. The van der Waals surface area contributed by atoms with Gasteiger partial charge in [0.05, 0.1) is 15.4 Å². The summed E-state index contributed by atoms with van der Waals surface area (Å²) in [4.78, 5) is 10.3. The van der Waals surface area contributed by atoms with Gasteiger partial charge < -0.3 is 4.57 Å². The molecule has 0 N–H and O–H groups in total. The van der Waals surface area contributed by atoms with Gasteiger partial charge in [-0.05, 0) is 44.7 Å². The molecule has 23 heavy (non-hydrogen) atoms. The zero-order chi connectivity index (χ0) is 17.4. The molecule has 2 rings (SSSR count). The second-order valence-electron chi connectivity index (χ2n) is 5.69. The van der Waals surface area contributed by atoms with Crippen molar-refractivity contribution in [2.45, 2.75) is 42.5 Å². The Bertz CT molecular complexity index is 738. The number of hydrogen-bond donors (Lipinski definition) is 0. The highest BCUT2D eigenvalue weighted by atomic mass is 32.2. The van der Waals surface area contributed by atoms with E-state index in [0.717, 1.165) is 23.9 Å². The first kappa shape index (κ1) is 17.3. The van der Waals surface area contributed by atoms with Crippen molar-refractivity contribution in [2.24, 2.45) is 0 Å². The second-order valence-corrected chi connectivity index (χ2v) is 6.70. The van der Waals surface area contributed by atoms with Crippen LogP contribution in [0.2, 0.25) is 0 Å². The highest BCUT2D eigenvalue weighted by Gasteiger charge is 2.33. The fourth-order valence-electron chi connectivity index (χ4n) is 1.78. The third-order valence-electron chi connectivity index (χ3n) is 2.92. The fraction of sp³-hybridized carbons (Fsp3) is 0.385. The maximum absolute atomic E-state index is 12.7. The molecule has 0 aliphatic heterocycles. The van der Waals surface area contributed by atoms with E-state index in [1.54, 1.807) is 4.57 Å². The molecule has 0 unspecified atom stereocenters. The van der Waals surface area contributed by atoms with Crippen LogP contribution in [0.3, 0.4) is 0 Å². The molecule has 0 atom stereocenters. The summed E-state index contributed by atoms with van der Waals surface area (Å²) in [6, 6.07) is 2.42. The summed E-state index contributed by atoms with van der Waals surface area (Å²) in [5.74, 6) is 0. The van der Waals surface area contributed by atoms with E-state index in [4.69, 9.17) is 0 Å². The molecular weight excluding hydrogens is 333 g/mol. The Morgan fingerprint density at radius 3 is 2.43 bits per heavy atom. The fourth-order valence-corrected chi connectivity index (χ4v) is 2.85. The van der Waals surface area contributed by atoms with Gasteiger partial charge >= 0.3 is 6.18 Å².